The van der Waals surface area contributed by atoms with E-state index in [1.807, 2.05) is 6.92 Å². The molecule has 0 radical (unpaired) electrons. The Kier molecular flexibility index (Phi) is 4.29. The van der Waals surface area contributed by atoms with Gasteiger partial charge in [-0.15, -0.1) is 0 Å². The largest absolute Gasteiger partial charge is 0.550 e. The van der Waals surface area contributed by atoms with Gasteiger partial charge in [-0.25, -0.2) is 0 Å². The van der Waals surface area contributed by atoms with Crippen LogP contribution in [-0.2, 0) is 14.3 Å². The first-order chi connectivity index (χ1) is 10.8. The van der Waals surface area contributed by atoms with Crippen molar-refractivity contribution in [3.05, 3.63) is 0 Å². The monoisotopic (exact) mass is 323 g/mol. The highest BCUT2D eigenvalue weighted by Gasteiger charge is 2.63. The summed E-state index contributed by atoms with van der Waals surface area (Å²) in [6.07, 6.45) is 5.87. The summed E-state index contributed by atoms with van der Waals surface area (Å²) in [6, 6.07) is 0. The molecule has 1 heterocycles. The molecule has 132 valence electrons. The van der Waals surface area contributed by atoms with Gasteiger partial charge in [0.05, 0.1) is 13.2 Å². The number of carbonyl (C=O) groups is 1. The van der Waals surface area contributed by atoms with Crippen LogP contribution >= 0.6 is 0 Å². The van der Waals surface area contributed by atoms with E-state index in [1.54, 1.807) is 0 Å². The molecule has 3 fully saturated rings. The highest BCUT2D eigenvalue weighted by molar-refractivity contribution is 5.68. The predicted octanol–water partition coefficient (Wildman–Crippen LogP) is 2.75. The van der Waals surface area contributed by atoms with E-state index in [0.717, 1.165) is 25.7 Å². The predicted molar refractivity (Wildman–Crippen MR) is 85.4 cm³/mol. The fourth-order valence-electron chi connectivity index (χ4n) is 6.36. The van der Waals surface area contributed by atoms with Gasteiger partial charge in [-0.1, -0.05) is 34.1 Å². The van der Waals surface area contributed by atoms with Crippen LogP contribution in [-0.4, -0.2) is 25.0 Å². The number of hydrogen-bond donors (Lipinski definition) is 0. The second kappa shape index (κ2) is 5.73. The number of carboxylic acid groups (broad SMARTS) is 1. The van der Waals surface area contributed by atoms with Crippen LogP contribution in [0.15, 0.2) is 0 Å². The highest BCUT2D eigenvalue weighted by atomic mass is 16.7. The summed E-state index contributed by atoms with van der Waals surface area (Å²) >= 11 is 0. The van der Waals surface area contributed by atoms with E-state index in [1.165, 1.54) is 6.42 Å². The summed E-state index contributed by atoms with van der Waals surface area (Å²) in [5, 5.41) is 11.9. The van der Waals surface area contributed by atoms with E-state index in [2.05, 4.69) is 20.8 Å². The van der Waals surface area contributed by atoms with E-state index in [0.29, 0.717) is 25.6 Å². The molecule has 2 saturated carbocycles. The molecule has 2 aliphatic carbocycles. The smallest absolute Gasteiger partial charge is 0.172 e. The van der Waals surface area contributed by atoms with Gasteiger partial charge >= 0.3 is 0 Å². The van der Waals surface area contributed by atoms with Crippen molar-refractivity contribution in [1.82, 2.24) is 0 Å². The molecular weight excluding hydrogens is 292 g/mol. The third kappa shape index (κ3) is 2.53. The zero-order valence-electron chi connectivity index (χ0n) is 15.0. The van der Waals surface area contributed by atoms with Crippen molar-refractivity contribution < 1.29 is 19.4 Å². The molecule has 1 unspecified atom stereocenters. The van der Waals surface area contributed by atoms with E-state index in [9.17, 15) is 9.90 Å². The Hall–Kier alpha value is -0.610. The highest BCUT2D eigenvalue weighted by Crippen LogP contribution is 2.65. The molecule has 4 heteroatoms. The van der Waals surface area contributed by atoms with Crippen LogP contribution in [0.4, 0.5) is 0 Å². The van der Waals surface area contributed by atoms with Crippen LogP contribution in [0, 0.1) is 28.6 Å². The first kappa shape index (κ1) is 17.2. The number of fused-ring (bicyclic) bond motifs is 1. The van der Waals surface area contributed by atoms with Gasteiger partial charge in [-0.2, -0.15) is 0 Å². The van der Waals surface area contributed by atoms with Crippen molar-refractivity contribution in [1.29, 1.82) is 0 Å². The molecule has 4 nitrogen and oxygen atoms in total. The lowest BCUT2D eigenvalue weighted by atomic mass is 9.45. The number of hydrogen-bond acceptors (Lipinski definition) is 4. The maximum Gasteiger partial charge on any atom is 0.172 e. The third-order valence-electron chi connectivity index (χ3n) is 7.16. The Balaban J connectivity index is 2.07. The van der Waals surface area contributed by atoms with Crippen molar-refractivity contribution >= 4 is 5.97 Å². The SMILES string of the molecule is CCC(C(=O)[O-])[C@@H]1C2(CC[C@H]3C(C)(C)CCC[C@]13C)OCCO2. The lowest BCUT2D eigenvalue weighted by Crippen LogP contribution is -2.63. The lowest BCUT2D eigenvalue weighted by Gasteiger charge is -2.63. The van der Waals surface area contributed by atoms with Gasteiger partial charge in [-0.05, 0) is 42.4 Å². The van der Waals surface area contributed by atoms with Gasteiger partial charge in [0.25, 0.3) is 0 Å². The Morgan fingerprint density at radius 2 is 1.83 bits per heavy atom. The Bertz CT molecular complexity index is 466. The van der Waals surface area contributed by atoms with E-state index in [-0.39, 0.29) is 16.7 Å². The molecule has 0 aromatic heterocycles. The molecular formula is C19H31O4-. The van der Waals surface area contributed by atoms with Crippen LogP contribution in [0.25, 0.3) is 0 Å². The molecule has 1 saturated heterocycles. The molecule has 3 aliphatic rings. The molecule has 4 atom stereocenters. The van der Waals surface area contributed by atoms with Gasteiger partial charge in [0.15, 0.2) is 5.79 Å². The van der Waals surface area contributed by atoms with Crippen molar-refractivity contribution in [2.45, 2.75) is 72.0 Å². The Morgan fingerprint density at radius 3 is 2.39 bits per heavy atom. The van der Waals surface area contributed by atoms with Gasteiger partial charge in [0.1, 0.15) is 0 Å². The molecule has 3 rings (SSSR count). The minimum absolute atomic E-state index is 0.0644. The van der Waals surface area contributed by atoms with E-state index >= 15 is 0 Å². The first-order valence-electron chi connectivity index (χ1n) is 9.25. The minimum atomic E-state index is -0.943. The summed E-state index contributed by atoms with van der Waals surface area (Å²) < 4.78 is 12.2. The second-order valence-corrected chi connectivity index (χ2v) is 8.76. The summed E-state index contributed by atoms with van der Waals surface area (Å²) in [5.74, 6) is -1.76. The number of rotatable bonds is 3. The third-order valence-corrected chi connectivity index (χ3v) is 7.16. The van der Waals surface area contributed by atoms with Crippen molar-refractivity contribution in [3.8, 4) is 0 Å². The fourth-order valence-corrected chi connectivity index (χ4v) is 6.36. The second-order valence-electron chi connectivity index (χ2n) is 8.76. The fraction of sp³-hybridized carbons (Fsp3) is 0.947. The lowest BCUT2D eigenvalue weighted by molar-refractivity contribution is -0.333. The number of ether oxygens (including phenoxy) is 2. The average molecular weight is 323 g/mol. The minimum Gasteiger partial charge on any atom is -0.550 e. The Morgan fingerprint density at radius 1 is 1.17 bits per heavy atom. The van der Waals surface area contributed by atoms with Crippen LogP contribution in [0.1, 0.15) is 66.2 Å². The standard InChI is InChI=1S/C19H32O4/c1-5-13(16(20)21)15-18(4)9-6-8-17(2,3)14(18)7-10-19(15)22-11-12-23-19/h13-15H,5-12H2,1-4H3,(H,20,21)/p-1/t13?,14-,15-,18-/m0/s1. The van der Waals surface area contributed by atoms with Crippen LogP contribution in [0.5, 0.6) is 0 Å². The maximum atomic E-state index is 11.9. The summed E-state index contributed by atoms with van der Waals surface area (Å²) in [4.78, 5) is 11.9. The van der Waals surface area contributed by atoms with Crippen molar-refractivity contribution in [3.63, 3.8) is 0 Å². The quantitative estimate of drug-likeness (QED) is 0.801. The van der Waals surface area contributed by atoms with Crippen LogP contribution in [0.2, 0.25) is 0 Å². The first-order valence-corrected chi connectivity index (χ1v) is 9.25. The van der Waals surface area contributed by atoms with E-state index < -0.39 is 17.7 Å². The molecule has 0 bridgehead atoms. The molecule has 23 heavy (non-hydrogen) atoms. The van der Waals surface area contributed by atoms with Crippen LogP contribution < -0.4 is 5.11 Å². The molecule has 0 aromatic carbocycles. The molecule has 0 N–H and O–H groups in total. The van der Waals surface area contributed by atoms with Crippen LogP contribution in [0.3, 0.4) is 0 Å². The van der Waals surface area contributed by atoms with Gasteiger partial charge in [0.2, 0.25) is 0 Å². The summed E-state index contributed by atoms with van der Waals surface area (Å²) in [7, 11) is 0. The normalized spacial score (nSPS) is 39.8. The van der Waals surface area contributed by atoms with Gasteiger partial charge in [-0.3, -0.25) is 0 Å². The molecule has 0 amide bonds. The number of carboxylic acids is 1. The summed E-state index contributed by atoms with van der Waals surface area (Å²) in [6.45, 7) is 10.1. The zero-order valence-corrected chi connectivity index (χ0v) is 15.0. The number of aliphatic carboxylic acids is 1. The van der Waals surface area contributed by atoms with Crippen molar-refractivity contribution in [2.75, 3.05) is 13.2 Å². The van der Waals surface area contributed by atoms with E-state index in [4.69, 9.17) is 9.47 Å². The molecule has 0 aromatic rings. The van der Waals surface area contributed by atoms with Gasteiger partial charge < -0.3 is 19.4 Å². The maximum absolute atomic E-state index is 11.9. The topological polar surface area (TPSA) is 58.6 Å². The van der Waals surface area contributed by atoms with Crippen molar-refractivity contribution in [2.24, 2.45) is 28.6 Å². The van der Waals surface area contributed by atoms with Gasteiger partial charge in [0, 0.05) is 24.2 Å². The zero-order chi connectivity index (χ0) is 16.9. The summed E-state index contributed by atoms with van der Waals surface area (Å²) in [5.41, 5.74) is 0.181. The molecule has 1 aliphatic heterocycles. The Labute approximate surface area is 139 Å². The molecule has 1 spiro atoms. The number of carbonyl (C=O) groups excluding carboxylic acids is 1. The average Bonchev–Trinajstić information content (AvgIpc) is 2.90.